The number of carbonyl (C=O) groups excluding carboxylic acids is 1. The van der Waals surface area contributed by atoms with Gasteiger partial charge in [-0.2, -0.15) is 0 Å². The molecule has 0 radical (unpaired) electrons. The second kappa shape index (κ2) is 11.3. The van der Waals surface area contributed by atoms with E-state index in [4.69, 9.17) is 5.73 Å². The minimum atomic E-state index is 0.362. The summed E-state index contributed by atoms with van der Waals surface area (Å²) in [7, 11) is 2.15. The van der Waals surface area contributed by atoms with Gasteiger partial charge in [0.25, 0.3) is 0 Å². The van der Waals surface area contributed by atoms with Crippen LogP contribution >= 0.6 is 0 Å². The maximum Gasteiger partial charge on any atom is 0.226 e. The zero-order valence-corrected chi connectivity index (χ0v) is 17.1. The Balaban J connectivity index is 0.000000336. The summed E-state index contributed by atoms with van der Waals surface area (Å²) in [5.74, 6) is 1.01. The molecule has 28 heavy (non-hydrogen) atoms. The standard InChI is InChI=1S/C15H19N5O.C5H12N2/c1-3-7-20(4-2)15-18-12(10-21)8-13(19-15)11-5-6-14(16)17-9-11;1-7-4-2-6-3-5-7/h5-6,8-10H,3-4,7H2,1-2H3,(H2,16,17);6H,2-5H2,1H3. The molecule has 0 aromatic carbocycles. The van der Waals surface area contributed by atoms with E-state index >= 15 is 0 Å². The fourth-order valence-corrected chi connectivity index (χ4v) is 2.81. The molecule has 3 rings (SSSR count). The van der Waals surface area contributed by atoms with Gasteiger partial charge in [0.15, 0.2) is 6.29 Å². The fraction of sp³-hybridized carbons (Fsp3) is 0.500. The molecule has 0 saturated carbocycles. The third-order valence-electron chi connectivity index (χ3n) is 4.44. The number of piperazine rings is 1. The van der Waals surface area contributed by atoms with Gasteiger partial charge < -0.3 is 20.9 Å². The molecule has 8 heteroatoms. The van der Waals surface area contributed by atoms with Gasteiger partial charge in [0.2, 0.25) is 5.95 Å². The van der Waals surface area contributed by atoms with E-state index in [1.54, 1.807) is 18.3 Å². The lowest BCUT2D eigenvalue weighted by molar-refractivity contribution is 0.111. The quantitative estimate of drug-likeness (QED) is 0.725. The van der Waals surface area contributed by atoms with Crippen LogP contribution in [-0.4, -0.2) is 72.5 Å². The van der Waals surface area contributed by atoms with Gasteiger partial charge in [-0.15, -0.1) is 0 Å². The molecule has 0 spiro atoms. The Labute approximate surface area is 167 Å². The van der Waals surface area contributed by atoms with E-state index < -0.39 is 0 Å². The highest BCUT2D eigenvalue weighted by Crippen LogP contribution is 2.20. The second-order valence-electron chi connectivity index (χ2n) is 6.70. The van der Waals surface area contributed by atoms with Crippen LogP contribution in [0.3, 0.4) is 0 Å². The monoisotopic (exact) mass is 385 g/mol. The van der Waals surface area contributed by atoms with Gasteiger partial charge in [0.1, 0.15) is 11.5 Å². The fourth-order valence-electron chi connectivity index (χ4n) is 2.81. The number of nitrogens with two attached hydrogens (primary N) is 1. The Morgan fingerprint density at radius 1 is 1.25 bits per heavy atom. The van der Waals surface area contributed by atoms with E-state index in [1.165, 1.54) is 13.1 Å². The molecular formula is C20H31N7O. The van der Waals surface area contributed by atoms with Crippen LogP contribution < -0.4 is 16.0 Å². The Bertz CT molecular complexity index is 730. The number of anilines is 2. The van der Waals surface area contributed by atoms with Crippen molar-refractivity contribution in [2.24, 2.45) is 0 Å². The first kappa shape index (κ1) is 21.7. The van der Waals surface area contributed by atoms with Gasteiger partial charge in [0.05, 0.1) is 5.69 Å². The van der Waals surface area contributed by atoms with Crippen molar-refractivity contribution in [2.45, 2.75) is 20.3 Å². The lowest BCUT2D eigenvalue weighted by Gasteiger charge is -2.21. The predicted molar refractivity (Wildman–Crippen MR) is 114 cm³/mol. The first-order chi connectivity index (χ1) is 13.6. The molecule has 0 bridgehead atoms. The lowest BCUT2D eigenvalue weighted by atomic mass is 10.2. The van der Waals surface area contributed by atoms with Gasteiger partial charge in [0, 0.05) is 51.0 Å². The first-order valence-electron chi connectivity index (χ1n) is 9.77. The van der Waals surface area contributed by atoms with Crippen molar-refractivity contribution in [3.05, 3.63) is 30.1 Å². The third kappa shape index (κ3) is 6.54. The maximum absolute atomic E-state index is 11.1. The van der Waals surface area contributed by atoms with Gasteiger partial charge in [-0.05, 0) is 38.6 Å². The molecule has 0 amide bonds. The van der Waals surface area contributed by atoms with Crippen molar-refractivity contribution in [3.8, 4) is 11.3 Å². The van der Waals surface area contributed by atoms with Crippen molar-refractivity contribution in [1.29, 1.82) is 0 Å². The normalized spacial score (nSPS) is 14.1. The predicted octanol–water partition coefficient (Wildman–Crippen LogP) is 1.69. The number of pyridine rings is 1. The number of likely N-dealkylation sites (N-methyl/N-ethyl adjacent to an activating group) is 1. The summed E-state index contributed by atoms with van der Waals surface area (Å²) in [6, 6.07) is 5.20. The van der Waals surface area contributed by atoms with Gasteiger partial charge >= 0.3 is 0 Å². The Morgan fingerprint density at radius 3 is 2.50 bits per heavy atom. The number of aromatic nitrogens is 3. The van der Waals surface area contributed by atoms with Crippen molar-refractivity contribution in [3.63, 3.8) is 0 Å². The molecule has 0 unspecified atom stereocenters. The van der Waals surface area contributed by atoms with E-state index in [-0.39, 0.29) is 0 Å². The summed E-state index contributed by atoms with van der Waals surface area (Å²) < 4.78 is 0. The molecule has 8 nitrogen and oxygen atoms in total. The molecule has 1 aliphatic rings. The van der Waals surface area contributed by atoms with Crippen molar-refractivity contribution in [2.75, 3.05) is 56.9 Å². The van der Waals surface area contributed by atoms with Crippen molar-refractivity contribution in [1.82, 2.24) is 25.2 Å². The molecule has 2 aromatic heterocycles. The summed E-state index contributed by atoms with van der Waals surface area (Å²) in [5, 5.41) is 3.27. The van der Waals surface area contributed by atoms with Crippen LogP contribution in [0.4, 0.5) is 11.8 Å². The molecular weight excluding hydrogens is 354 g/mol. The number of nitrogens with zero attached hydrogens (tertiary/aromatic N) is 5. The van der Waals surface area contributed by atoms with E-state index in [9.17, 15) is 4.79 Å². The molecule has 152 valence electrons. The second-order valence-corrected chi connectivity index (χ2v) is 6.70. The van der Waals surface area contributed by atoms with E-state index in [0.29, 0.717) is 23.2 Å². The molecule has 0 aliphatic carbocycles. The molecule has 3 N–H and O–H groups in total. The number of rotatable bonds is 6. The maximum atomic E-state index is 11.1. The third-order valence-corrected chi connectivity index (χ3v) is 4.44. The van der Waals surface area contributed by atoms with Crippen molar-refractivity contribution >= 4 is 18.1 Å². The number of hydrogen-bond donors (Lipinski definition) is 2. The molecule has 0 atom stereocenters. The van der Waals surface area contributed by atoms with Crippen molar-refractivity contribution < 1.29 is 4.79 Å². The van der Waals surface area contributed by atoms with Crippen LogP contribution in [0, 0.1) is 0 Å². The highest BCUT2D eigenvalue weighted by atomic mass is 16.1. The van der Waals surface area contributed by atoms with Gasteiger partial charge in [-0.1, -0.05) is 6.92 Å². The highest BCUT2D eigenvalue weighted by molar-refractivity contribution is 5.76. The topological polar surface area (TPSA) is 100 Å². The highest BCUT2D eigenvalue weighted by Gasteiger charge is 2.11. The zero-order chi connectivity index (χ0) is 20.4. The SMILES string of the molecule is CCCN(CC)c1nc(C=O)cc(-c2ccc(N)nc2)n1.CN1CCNCC1. The number of nitrogen functional groups attached to an aromatic ring is 1. The van der Waals surface area contributed by atoms with Crippen LogP contribution in [0.15, 0.2) is 24.4 Å². The minimum Gasteiger partial charge on any atom is -0.384 e. The molecule has 2 aromatic rings. The number of aldehydes is 1. The minimum absolute atomic E-state index is 0.362. The van der Waals surface area contributed by atoms with Crippen LogP contribution in [0.1, 0.15) is 30.8 Å². The number of nitrogens with one attached hydrogen (secondary N) is 1. The first-order valence-corrected chi connectivity index (χ1v) is 9.77. The van der Waals surface area contributed by atoms with Gasteiger partial charge in [-0.25, -0.2) is 15.0 Å². The summed E-state index contributed by atoms with van der Waals surface area (Å²) in [4.78, 5) is 28.4. The summed E-state index contributed by atoms with van der Waals surface area (Å²) in [6.07, 6.45) is 3.37. The Kier molecular flexibility index (Phi) is 8.77. The van der Waals surface area contributed by atoms with Gasteiger partial charge in [-0.3, -0.25) is 4.79 Å². The Morgan fingerprint density at radius 2 is 2.00 bits per heavy atom. The van der Waals surface area contributed by atoms with Crippen LogP contribution in [-0.2, 0) is 0 Å². The van der Waals surface area contributed by atoms with Crippen LogP contribution in [0.5, 0.6) is 0 Å². The van der Waals surface area contributed by atoms with Crippen LogP contribution in [0.25, 0.3) is 11.3 Å². The average molecular weight is 386 g/mol. The molecule has 1 saturated heterocycles. The number of hydrogen-bond acceptors (Lipinski definition) is 8. The number of carbonyl (C=O) groups is 1. The molecule has 3 heterocycles. The lowest BCUT2D eigenvalue weighted by Crippen LogP contribution is -2.40. The summed E-state index contributed by atoms with van der Waals surface area (Å²) in [6.45, 7) is 10.5. The Hall–Kier alpha value is -2.58. The smallest absolute Gasteiger partial charge is 0.226 e. The zero-order valence-electron chi connectivity index (χ0n) is 17.1. The van der Waals surface area contributed by atoms with E-state index in [0.717, 1.165) is 44.4 Å². The van der Waals surface area contributed by atoms with E-state index in [2.05, 4.69) is 39.1 Å². The van der Waals surface area contributed by atoms with E-state index in [1.807, 2.05) is 17.9 Å². The van der Waals surface area contributed by atoms with Crippen LogP contribution in [0.2, 0.25) is 0 Å². The molecule has 1 aliphatic heterocycles. The molecule has 1 fully saturated rings. The summed E-state index contributed by atoms with van der Waals surface area (Å²) >= 11 is 0. The largest absolute Gasteiger partial charge is 0.384 e. The summed E-state index contributed by atoms with van der Waals surface area (Å²) in [5.41, 5.74) is 7.43. The average Bonchev–Trinajstić information content (AvgIpc) is 2.73.